The molecule has 0 spiro atoms. The van der Waals surface area contributed by atoms with Crippen LogP contribution in [0.4, 0.5) is 0 Å². The molecule has 0 aliphatic rings. The largest absolute Gasteiger partial charge is 0.338 e. The maximum absolute atomic E-state index is 13.2. The van der Waals surface area contributed by atoms with Gasteiger partial charge in [0.1, 0.15) is 22.8 Å². The first-order valence-corrected chi connectivity index (χ1v) is 7.78. The monoisotopic (exact) mass is 325 g/mol. The van der Waals surface area contributed by atoms with E-state index >= 15 is 0 Å². The molecule has 0 unspecified atom stereocenters. The average molecular weight is 325 g/mol. The van der Waals surface area contributed by atoms with Gasteiger partial charge in [0.2, 0.25) is 0 Å². The second-order valence-corrected chi connectivity index (χ2v) is 5.77. The molecular weight excluding hydrogens is 314 g/mol. The minimum atomic E-state index is -0.259. The predicted octanol–water partition coefficient (Wildman–Crippen LogP) is 2.99. The van der Waals surface area contributed by atoms with E-state index < -0.39 is 0 Å². The van der Waals surface area contributed by atoms with Crippen molar-refractivity contribution >= 4 is 27.6 Å². The number of aromatic nitrogens is 4. The maximum atomic E-state index is 13.2. The highest BCUT2D eigenvalue weighted by Gasteiger charge is 2.20. The summed E-state index contributed by atoms with van der Waals surface area (Å²) in [6.07, 6.45) is 1.58. The number of imidazole rings is 1. The van der Waals surface area contributed by atoms with Crippen LogP contribution in [0, 0.1) is 11.3 Å². The molecule has 1 N–H and O–H groups in total. The third-order valence-electron chi connectivity index (χ3n) is 4.42. The molecule has 0 aliphatic carbocycles. The quantitative estimate of drug-likeness (QED) is 0.514. The highest BCUT2D eigenvalue weighted by atomic mass is 16.1. The second kappa shape index (κ2) is 4.82. The number of nitrogens with one attached hydrogen (secondary N) is 1. The highest BCUT2D eigenvalue weighted by Crippen LogP contribution is 2.27. The van der Waals surface area contributed by atoms with Gasteiger partial charge in [0.05, 0.1) is 22.9 Å². The number of H-pyrrole nitrogens is 1. The molecule has 0 atom stereocenters. The van der Waals surface area contributed by atoms with E-state index in [1.807, 2.05) is 59.0 Å². The van der Waals surface area contributed by atoms with Crippen LogP contribution in [0.2, 0.25) is 0 Å². The van der Waals surface area contributed by atoms with Crippen molar-refractivity contribution in [2.45, 2.75) is 0 Å². The lowest BCUT2D eigenvalue weighted by Crippen LogP contribution is -2.21. The topological polar surface area (TPSA) is 78.9 Å². The first-order chi connectivity index (χ1) is 12.3. The van der Waals surface area contributed by atoms with Crippen molar-refractivity contribution in [1.29, 1.82) is 5.26 Å². The van der Waals surface area contributed by atoms with Gasteiger partial charge in [0.25, 0.3) is 5.56 Å². The first kappa shape index (κ1) is 13.6. The van der Waals surface area contributed by atoms with Crippen molar-refractivity contribution in [2.24, 2.45) is 0 Å². The third kappa shape index (κ3) is 1.72. The Bertz CT molecular complexity index is 1370. The van der Waals surface area contributed by atoms with Crippen LogP contribution < -0.4 is 5.56 Å². The zero-order chi connectivity index (χ0) is 17.0. The average Bonchev–Trinajstić information content (AvgIpc) is 3.17. The van der Waals surface area contributed by atoms with Crippen LogP contribution in [0.25, 0.3) is 33.3 Å². The van der Waals surface area contributed by atoms with Gasteiger partial charge in [-0.05, 0) is 24.3 Å². The summed E-state index contributed by atoms with van der Waals surface area (Å²) < 4.78 is 3.17. The van der Waals surface area contributed by atoms with Crippen LogP contribution in [0.1, 0.15) is 5.56 Å². The first-order valence-electron chi connectivity index (χ1n) is 7.78. The van der Waals surface area contributed by atoms with E-state index in [0.29, 0.717) is 27.8 Å². The van der Waals surface area contributed by atoms with E-state index in [1.54, 1.807) is 6.20 Å². The molecule has 2 aromatic carbocycles. The van der Waals surface area contributed by atoms with Crippen molar-refractivity contribution < 1.29 is 0 Å². The van der Waals surface area contributed by atoms with E-state index in [1.165, 1.54) is 4.68 Å². The SMILES string of the molecule is N#Cc1c2cnn(-c3ccccc3)c(=O)c2n2c1[nH]c1ccccc12. The van der Waals surface area contributed by atoms with Crippen molar-refractivity contribution in [3.8, 4) is 11.8 Å². The van der Waals surface area contributed by atoms with Gasteiger partial charge in [-0.25, -0.2) is 0 Å². The number of rotatable bonds is 1. The van der Waals surface area contributed by atoms with Crippen molar-refractivity contribution in [3.63, 3.8) is 0 Å². The molecule has 118 valence electrons. The summed E-state index contributed by atoms with van der Waals surface area (Å²) in [6, 6.07) is 19.1. The predicted molar refractivity (Wildman–Crippen MR) is 94.9 cm³/mol. The number of fused-ring (bicyclic) bond motifs is 5. The number of benzene rings is 2. The third-order valence-corrected chi connectivity index (χ3v) is 4.42. The van der Waals surface area contributed by atoms with Crippen LogP contribution in [0.15, 0.2) is 65.6 Å². The summed E-state index contributed by atoms with van der Waals surface area (Å²) in [4.78, 5) is 16.4. The smallest absolute Gasteiger partial charge is 0.296 e. The summed E-state index contributed by atoms with van der Waals surface area (Å²) in [6.45, 7) is 0. The van der Waals surface area contributed by atoms with E-state index in [4.69, 9.17) is 0 Å². The van der Waals surface area contributed by atoms with E-state index in [9.17, 15) is 10.1 Å². The van der Waals surface area contributed by atoms with Gasteiger partial charge in [-0.15, -0.1) is 0 Å². The van der Waals surface area contributed by atoms with Crippen LogP contribution in [-0.4, -0.2) is 19.2 Å². The van der Waals surface area contributed by atoms with Crippen molar-refractivity contribution in [1.82, 2.24) is 19.2 Å². The van der Waals surface area contributed by atoms with Gasteiger partial charge < -0.3 is 4.98 Å². The fraction of sp³-hybridized carbons (Fsp3) is 0. The van der Waals surface area contributed by atoms with E-state index in [0.717, 1.165) is 11.0 Å². The minimum Gasteiger partial charge on any atom is -0.338 e. The molecule has 0 aliphatic heterocycles. The summed E-state index contributed by atoms with van der Waals surface area (Å²) in [5, 5.41) is 14.4. The number of nitriles is 1. The molecule has 0 bridgehead atoms. The molecule has 0 fully saturated rings. The van der Waals surface area contributed by atoms with Crippen molar-refractivity contribution in [3.05, 3.63) is 76.7 Å². The minimum absolute atomic E-state index is 0.259. The number of hydrogen-bond acceptors (Lipinski definition) is 3. The Morgan fingerprint density at radius 3 is 2.60 bits per heavy atom. The number of para-hydroxylation sites is 3. The van der Waals surface area contributed by atoms with E-state index in [-0.39, 0.29) is 5.56 Å². The number of aromatic amines is 1. The Kier molecular flexibility index (Phi) is 2.62. The second-order valence-electron chi connectivity index (χ2n) is 5.77. The molecule has 3 heterocycles. The Labute approximate surface area is 141 Å². The lowest BCUT2D eigenvalue weighted by molar-refractivity contribution is 0.818. The molecule has 3 aromatic heterocycles. The lowest BCUT2D eigenvalue weighted by Gasteiger charge is -2.04. The fourth-order valence-corrected chi connectivity index (χ4v) is 3.32. The molecule has 25 heavy (non-hydrogen) atoms. The van der Waals surface area contributed by atoms with Crippen LogP contribution >= 0.6 is 0 Å². The van der Waals surface area contributed by atoms with Gasteiger partial charge in [-0.2, -0.15) is 15.0 Å². The lowest BCUT2D eigenvalue weighted by atomic mass is 10.2. The van der Waals surface area contributed by atoms with E-state index in [2.05, 4.69) is 16.2 Å². The number of nitrogens with zero attached hydrogens (tertiary/aromatic N) is 4. The molecule has 6 heteroatoms. The fourth-order valence-electron chi connectivity index (χ4n) is 3.32. The highest BCUT2D eigenvalue weighted by molar-refractivity contribution is 5.98. The summed E-state index contributed by atoms with van der Waals surface area (Å²) in [5.41, 5.74) is 3.64. The Balaban J connectivity index is 2.03. The van der Waals surface area contributed by atoms with Gasteiger partial charge in [-0.3, -0.25) is 9.20 Å². The number of hydrogen-bond donors (Lipinski definition) is 1. The zero-order valence-corrected chi connectivity index (χ0v) is 13.0. The normalized spacial score (nSPS) is 11.3. The Morgan fingerprint density at radius 1 is 1.04 bits per heavy atom. The summed E-state index contributed by atoms with van der Waals surface area (Å²) >= 11 is 0. The molecule has 5 aromatic rings. The molecule has 0 saturated heterocycles. The van der Waals surface area contributed by atoms with Crippen molar-refractivity contribution in [2.75, 3.05) is 0 Å². The molecule has 6 nitrogen and oxygen atoms in total. The standard InChI is InChI=1S/C19H11N5O/c20-10-13-14-11-21-24(12-6-2-1-3-7-12)19(25)17(14)23-16-9-5-4-8-15(16)22-18(13)23/h1-9,11,22H. The van der Waals surface area contributed by atoms with Gasteiger partial charge in [-0.1, -0.05) is 30.3 Å². The van der Waals surface area contributed by atoms with Crippen LogP contribution in [-0.2, 0) is 0 Å². The van der Waals surface area contributed by atoms with Crippen LogP contribution in [0.5, 0.6) is 0 Å². The van der Waals surface area contributed by atoms with Gasteiger partial charge in [0, 0.05) is 5.39 Å². The molecular formula is C19H11N5O. The molecule has 0 amide bonds. The molecule has 0 radical (unpaired) electrons. The maximum Gasteiger partial charge on any atom is 0.296 e. The van der Waals surface area contributed by atoms with Gasteiger partial charge in [0.15, 0.2) is 0 Å². The summed E-state index contributed by atoms with van der Waals surface area (Å²) in [5.74, 6) is 0. The Hall–Kier alpha value is -3.85. The zero-order valence-electron chi connectivity index (χ0n) is 13.0. The molecule has 0 saturated carbocycles. The summed E-state index contributed by atoms with van der Waals surface area (Å²) in [7, 11) is 0. The van der Waals surface area contributed by atoms with Crippen LogP contribution in [0.3, 0.4) is 0 Å². The van der Waals surface area contributed by atoms with Gasteiger partial charge >= 0.3 is 0 Å². The molecule has 5 rings (SSSR count). The Morgan fingerprint density at radius 2 is 1.80 bits per heavy atom.